The van der Waals surface area contributed by atoms with Crippen LogP contribution in [0.2, 0.25) is 0 Å². The zero-order valence-corrected chi connectivity index (χ0v) is 22.8. The van der Waals surface area contributed by atoms with Gasteiger partial charge in [0.15, 0.2) is 0 Å². The molecule has 190 valence electrons. The Hall–Kier alpha value is -3.05. The van der Waals surface area contributed by atoms with Crippen LogP contribution in [0.25, 0.3) is 16.6 Å². The first-order valence-corrected chi connectivity index (χ1v) is 13.2. The Kier molecular flexibility index (Phi) is 14.9. The van der Waals surface area contributed by atoms with E-state index in [1.165, 1.54) is 6.38 Å². The number of amides is 1. The van der Waals surface area contributed by atoms with Crippen molar-refractivity contribution in [1.82, 2.24) is 14.9 Å². The maximum atomic E-state index is 12.8. The van der Waals surface area contributed by atoms with Gasteiger partial charge in [0.1, 0.15) is 0 Å². The monoisotopic (exact) mass is 496 g/mol. The van der Waals surface area contributed by atoms with Crippen molar-refractivity contribution in [3.05, 3.63) is 78.5 Å². The third-order valence-corrected chi connectivity index (χ3v) is 5.28. The summed E-state index contributed by atoms with van der Waals surface area (Å²) in [7, 11) is 0. The lowest BCUT2D eigenvalue weighted by molar-refractivity contribution is -0.130. The summed E-state index contributed by atoms with van der Waals surface area (Å²) in [6, 6.07) is 20.3. The van der Waals surface area contributed by atoms with Gasteiger partial charge in [-0.3, -0.25) is 20.2 Å². The van der Waals surface area contributed by atoms with Crippen LogP contribution >= 0.6 is 11.6 Å². The summed E-state index contributed by atoms with van der Waals surface area (Å²) in [5, 5.41) is 3.16. The quantitative estimate of drug-likeness (QED) is 0.234. The molecular formula is C29H41ClN4O. The first-order valence-electron chi connectivity index (χ1n) is 12.5. The van der Waals surface area contributed by atoms with Crippen LogP contribution in [0, 0.1) is 0 Å². The summed E-state index contributed by atoms with van der Waals surface area (Å²) in [5.41, 5.74) is 7.56. The lowest BCUT2D eigenvalue weighted by Crippen LogP contribution is -2.32. The number of para-hydroxylation sites is 1. The highest BCUT2D eigenvalue weighted by molar-refractivity contribution is 6.15. The summed E-state index contributed by atoms with van der Waals surface area (Å²) < 4.78 is 0. The van der Waals surface area contributed by atoms with Gasteiger partial charge in [-0.2, -0.15) is 0 Å². The Morgan fingerprint density at radius 2 is 1.60 bits per heavy atom. The second-order valence-corrected chi connectivity index (χ2v) is 7.36. The number of benzene rings is 2. The molecule has 35 heavy (non-hydrogen) atoms. The topological polar surface area (TPSA) is 48.5 Å². The van der Waals surface area contributed by atoms with Crippen LogP contribution in [0.5, 0.6) is 0 Å². The number of hydrogen-bond donors (Lipinski definition) is 1. The predicted octanol–water partition coefficient (Wildman–Crippen LogP) is 7.45. The number of hydrogen-bond acceptors (Lipinski definition) is 4. The van der Waals surface area contributed by atoms with E-state index in [9.17, 15) is 4.79 Å². The number of nitrogens with one attached hydrogen (secondary N) is 1. The molecule has 0 aliphatic heterocycles. The fourth-order valence-corrected chi connectivity index (χ4v) is 3.68. The summed E-state index contributed by atoms with van der Waals surface area (Å²) in [6.07, 6.45) is 6.66. The van der Waals surface area contributed by atoms with E-state index in [0.29, 0.717) is 6.42 Å². The molecule has 0 spiro atoms. The maximum absolute atomic E-state index is 12.8. The largest absolute Gasteiger partial charge is 0.343 e. The number of nitrogens with zero attached hydrogens (tertiary/aromatic N) is 3. The van der Waals surface area contributed by atoms with Gasteiger partial charge in [-0.15, -0.1) is 11.6 Å². The molecule has 1 amide bonds. The molecule has 0 bridgehead atoms. The summed E-state index contributed by atoms with van der Waals surface area (Å²) in [5.74, 6) is 0.156. The van der Waals surface area contributed by atoms with E-state index in [-0.39, 0.29) is 5.91 Å². The van der Waals surface area contributed by atoms with Crippen LogP contribution in [0.4, 0.5) is 5.69 Å². The zero-order chi connectivity index (χ0) is 26.1. The van der Waals surface area contributed by atoms with Crippen LogP contribution < -0.4 is 5.43 Å². The molecule has 0 atom stereocenters. The van der Waals surface area contributed by atoms with Gasteiger partial charge >= 0.3 is 0 Å². The number of alkyl halides is 1. The highest BCUT2D eigenvalue weighted by Crippen LogP contribution is 2.26. The normalized spacial score (nSPS) is 10.4. The van der Waals surface area contributed by atoms with Crippen molar-refractivity contribution in [2.24, 2.45) is 0 Å². The van der Waals surface area contributed by atoms with Gasteiger partial charge in [0.05, 0.1) is 16.9 Å². The van der Waals surface area contributed by atoms with Crippen LogP contribution in [-0.2, 0) is 4.79 Å². The molecule has 3 aromatic rings. The number of hydrazine groups is 1. The van der Waals surface area contributed by atoms with E-state index < -0.39 is 0 Å². The molecule has 0 aliphatic rings. The number of pyridine rings is 1. The molecule has 0 aliphatic carbocycles. The lowest BCUT2D eigenvalue weighted by Gasteiger charge is -2.29. The Labute approximate surface area is 216 Å². The number of halogens is 1. The van der Waals surface area contributed by atoms with Gasteiger partial charge in [-0.05, 0) is 44.0 Å². The molecule has 0 unspecified atom stereocenters. The Morgan fingerprint density at radius 3 is 2.23 bits per heavy atom. The van der Waals surface area contributed by atoms with Crippen LogP contribution in [-0.4, -0.2) is 46.8 Å². The van der Waals surface area contributed by atoms with Gasteiger partial charge in [0.2, 0.25) is 5.91 Å². The summed E-state index contributed by atoms with van der Waals surface area (Å²) in [4.78, 5) is 19.2. The van der Waals surface area contributed by atoms with Gasteiger partial charge in [-0.25, -0.2) is 0 Å². The molecule has 0 saturated heterocycles. The van der Waals surface area contributed by atoms with Gasteiger partial charge in [0.25, 0.3) is 0 Å². The van der Waals surface area contributed by atoms with Crippen molar-refractivity contribution in [3.63, 3.8) is 0 Å². The Balaban J connectivity index is 0.00000145. The standard InChI is InChI=1S/C26H32N4O.C2H6.CH3Cl/c1-4-20-29(5-2)26(31)17-16-25(21-12-8-7-9-13-21)30(6-3)28-24-18-19-27-23-15-11-10-14-22(23)24;2*1-2/h7-16,18-19H,4-6,17,20H2,1-3H3,(H,27,28);1-2H3;1H3/b25-16-;;. The Bertz CT molecular complexity index is 1020. The van der Waals surface area contributed by atoms with E-state index in [4.69, 9.17) is 0 Å². The Morgan fingerprint density at radius 1 is 0.943 bits per heavy atom. The highest BCUT2D eigenvalue weighted by Gasteiger charge is 2.15. The van der Waals surface area contributed by atoms with Gasteiger partial charge < -0.3 is 4.90 Å². The molecule has 5 nitrogen and oxygen atoms in total. The number of anilines is 1. The number of carbonyl (C=O) groups is 1. The van der Waals surface area contributed by atoms with E-state index in [2.05, 4.69) is 59.1 Å². The zero-order valence-electron chi connectivity index (χ0n) is 22.1. The molecule has 0 radical (unpaired) electrons. The van der Waals surface area contributed by atoms with Gasteiger partial charge in [0, 0.05) is 44.0 Å². The average molecular weight is 497 g/mol. The number of carbonyl (C=O) groups excluding carboxylic acids is 1. The predicted molar refractivity (Wildman–Crippen MR) is 152 cm³/mol. The molecule has 1 heterocycles. The number of rotatable bonds is 10. The minimum absolute atomic E-state index is 0.156. The lowest BCUT2D eigenvalue weighted by atomic mass is 10.1. The second kappa shape index (κ2) is 17.4. The second-order valence-electron chi connectivity index (χ2n) is 7.36. The summed E-state index contributed by atoms with van der Waals surface area (Å²) >= 11 is 4.64. The molecule has 2 aromatic carbocycles. The number of fused-ring (bicyclic) bond motifs is 1. The molecule has 6 heteroatoms. The minimum Gasteiger partial charge on any atom is -0.343 e. The van der Waals surface area contributed by atoms with Crippen molar-refractivity contribution in [1.29, 1.82) is 0 Å². The first kappa shape index (κ1) is 30.0. The van der Waals surface area contributed by atoms with Gasteiger partial charge in [-0.1, -0.05) is 69.3 Å². The molecular weight excluding hydrogens is 456 g/mol. The molecule has 0 saturated carbocycles. The minimum atomic E-state index is 0.156. The molecule has 1 N–H and O–H groups in total. The maximum Gasteiger partial charge on any atom is 0.226 e. The van der Waals surface area contributed by atoms with Crippen LogP contribution in [0.1, 0.15) is 53.0 Å². The van der Waals surface area contributed by atoms with E-state index in [1.54, 1.807) is 0 Å². The van der Waals surface area contributed by atoms with Crippen molar-refractivity contribution in [3.8, 4) is 0 Å². The smallest absolute Gasteiger partial charge is 0.226 e. The van der Waals surface area contributed by atoms with Crippen molar-refractivity contribution in [2.75, 3.05) is 31.4 Å². The van der Waals surface area contributed by atoms with E-state index in [0.717, 1.165) is 53.9 Å². The van der Waals surface area contributed by atoms with Crippen LogP contribution in [0.15, 0.2) is 72.9 Å². The van der Waals surface area contributed by atoms with Crippen molar-refractivity contribution >= 4 is 39.8 Å². The summed E-state index contributed by atoms with van der Waals surface area (Å²) in [6.45, 7) is 12.5. The molecule has 3 rings (SSSR count). The highest BCUT2D eigenvalue weighted by atomic mass is 35.5. The third-order valence-electron chi connectivity index (χ3n) is 5.28. The van der Waals surface area contributed by atoms with Crippen molar-refractivity contribution < 1.29 is 4.79 Å². The third kappa shape index (κ3) is 8.91. The fourth-order valence-electron chi connectivity index (χ4n) is 3.68. The fraction of sp³-hybridized carbons (Fsp3) is 0.379. The van der Waals surface area contributed by atoms with E-state index >= 15 is 0 Å². The average Bonchev–Trinajstić information content (AvgIpc) is 2.93. The molecule has 0 fully saturated rings. The van der Waals surface area contributed by atoms with E-state index in [1.807, 2.05) is 80.4 Å². The van der Waals surface area contributed by atoms with Crippen LogP contribution in [0.3, 0.4) is 0 Å². The SMILES string of the molecule is CC.CCCN(CC)C(=O)C/C=C(/c1ccccc1)N(CC)Nc1ccnc2ccccc12.CCl. The first-order chi connectivity index (χ1) is 17.2. The molecule has 1 aromatic heterocycles. The van der Waals surface area contributed by atoms with Crippen molar-refractivity contribution in [2.45, 2.75) is 47.5 Å². The number of aromatic nitrogens is 1.